The molecule has 8 nitrogen and oxygen atoms in total. The Kier molecular flexibility index (Phi) is 8.07. The lowest BCUT2D eigenvalue weighted by molar-refractivity contribution is -0.127. The summed E-state index contributed by atoms with van der Waals surface area (Å²) in [7, 11) is 1.51. The molecular weight excluding hydrogens is 592 g/mol. The molecule has 2 N–H and O–H groups in total. The first-order valence-electron chi connectivity index (χ1n) is 11.2. The van der Waals surface area contributed by atoms with Gasteiger partial charge < -0.3 is 20.1 Å². The SMILES string of the molecule is COc1cc(/C=C2/NC(=O)N(CC(=O)Nc3ccccc3F)C2=O)cc(I)c1OCc1ccc(C)cc1. The molecule has 37 heavy (non-hydrogen) atoms. The summed E-state index contributed by atoms with van der Waals surface area (Å²) in [6.45, 7) is 1.80. The van der Waals surface area contributed by atoms with Gasteiger partial charge >= 0.3 is 6.03 Å². The van der Waals surface area contributed by atoms with E-state index in [0.29, 0.717) is 23.7 Å². The van der Waals surface area contributed by atoms with Crippen molar-refractivity contribution >= 4 is 52.2 Å². The van der Waals surface area contributed by atoms with Gasteiger partial charge in [0.15, 0.2) is 11.5 Å². The molecule has 0 atom stereocenters. The number of benzene rings is 3. The lowest BCUT2D eigenvalue weighted by Gasteiger charge is -2.14. The smallest absolute Gasteiger partial charge is 0.329 e. The summed E-state index contributed by atoms with van der Waals surface area (Å²) in [6, 6.07) is 16.3. The number of halogens is 2. The summed E-state index contributed by atoms with van der Waals surface area (Å²) >= 11 is 2.11. The first-order valence-corrected chi connectivity index (χ1v) is 12.3. The average Bonchev–Trinajstić information content (AvgIpc) is 3.12. The number of carbonyl (C=O) groups is 3. The fraction of sp³-hybridized carbons (Fsp3) is 0.148. The summed E-state index contributed by atoms with van der Waals surface area (Å²) in [5.41, 5.74) is 2.71. The number of nitrogens with zero attached hydrogens (tertiary/aromatic N) is 1. The zero-order chi connectivity index (χ0) is 26.5. The monoisotopic (exact) mass is 615 g/mol. The van der Waals surface area contributed by atoms with Gasteiger partial charge in [-0.2, -0.15) is 0 Å². The second-order valence-electron chi connectivity index (χ2n) is 8.22. The average molecular weight is 615 g/mol. The Bertz CT molecular complexity index is 1390. The first kappa shape index (κ1) is 26.1. The van der Waals surface area contributed by atoms with Crippen molar-refractivity contribution in [2.75, 3.05) is 19.0 Å². The number of amides is 4. The zero-order valence-electron chi connectivity index (χ0n) is 20.0. The predicted octanol–water partition coefficient (Wildman–Crippen LogP) is 4.86. The number of aryl methyl sites for hydroxylation is 1. The fourth-order valence-electron chi connectivity index (χ4n) is 3.58. The van der Waals surface area contributed by atoms with Gasteiger partial charge in [0, 0.05) is 0 Å². The van der Waals surface area contributed by atoms with Crippen LogP contribution in [0.25, 0.3) is 6.08 Å². The minimum atomic E-state index is -0.750. The maximum absolute atomic E-state index is 13.8. The zero-order valence-corrected chi connectivity index (χ0v) is 22.2. The van der Waals surface area contributed by atoms with Gasteiger partial charge in [-0.1, -0.05) is 42.0 Å². The molecule has 1 aliphatic rings. The molecule has 3 aromatic carbocycles. The second-order valence-corrected chi connectivity index (χ2v) is 9.38. The normalized spacial score (nSPS) is 14.1. The van der Waals surface area contributed by atoms with E-state index in [2.05, 4.69) is 33.2 Å². The van der Waals surface area contributed by atoms with Gasteiger partial charge in [0.25, 0.3) is 5.91 Å². The summed E-state index contributed by atoms with van der Waals surface area (Å²) in [6.07, 6.45) is 1.49. The molecule has 0 saturated carbocycles. The third-order valence-corrected chi connectivity index (χ3v) is 6.28. The molecule has 190 valence electrons. The number of para-hydroxylation sites is 1. The quantitative estimate of drug-likeness (QED) is 0.215. The van der Waals surface area contributed by atoms with Gasteiger partial charge in [0.05, 0.1) is 16.4 Å². The van der Waals surface area contributed by atoms with E-state index in [-0.39, 0.29) is 11.4 Å². The molecule has 1 fully saturated rings. The van der Waals surface area contributed by atoms with Crippen LogP contribution in [0.15, 0.2) is 66.4 Å². The topological polar surface area (TPSA) is 97.0 Å². The van der Waals surface area contributed by atoms with Crippen molar-refractivity contribution in [2.45, 2.75) is 13.5 Å². The Labute approximate surface area is 226 Å². The maximum atomic E-state index is 13.8. The summed E-state index contributed by atoms with van der Waals surface area (Å²) in [5, 5.41) is 4.83. The molecule has 4 amide bonds. The van der Waals surface area contributed by atoms with Crippen LogP contribution in [0.4, 0.5) is 14.9 Å². The largest absolute Gasteiger partial charge is 0.493 e. The van der Waals surface area contributed by atoms with Crippen molar-refractivity contribution in [3.05, 3.63) is 92.4 Å². The van der Waals surface area contributed by atoms with Crippen LogP contribution in [0.1, 0.15) is 16.7 Å². The van der Waals surface area contributed by atoms with E-state index in [1.165, 1.54) is 31.4 Å². The van der Waals surface area contributed by atoms with Crippen molar-refractivity contribution < 1.29 is 28.2 Å². The van der Waals surface area contributed by atoms with Crippen LogP contribution >= 0.6 is 22.6 Å². The molecule has 0 aromatic heterocycles. The van der Waals surface area contributed by atoms with Gasteiger partial charge in [0.1, 0.15) is 24.7 Å². The number of carbonyl (C=O) groups excluding carboxylic acids is 3. The second kappa shape index (κ2) is 11.4. The van der Waals surface area contributed by atoms with Gasteiger partial charge in [-0.15, -0.1) is 0 Å². The Morgan fingerprint density at radius 2 is 1.86 bits per heavy atom. The molecule has 1 saturated heterocycles. The number of nitrogens with one attached hydrogen (secondary N) is 2. The molecule has 0 bridgehead atoms. The summed E-state index contributed by atoms with van der Waals surface area (Å²) in [4.78, 5) is 38.3. The molecule has 1 aliphatic heterocycles. The van der Waals surface area contributed by atoms with Crippen LogP contribution in [0.5, 0.6) is 11.5 Å². The van der Waals surface area contributed by atoms with Crippen LogP contribution in [0.3, 0.4) is 0 Å². The van der Waals surface area contributed by atoms with E-state index in [1.807, 2.05) is 31.2 Å². The third-order valence-electron chi connectivity index (χ3n) is 5.48. The van der Waals surface area contributed by atoms with Crippen LogP contribution in [0, 0.1) is 16.3 Å². The number of hydrogen-bond donors (Lipinski definition) is 2. The fourth-order valence-corrected chi connectivity index (χ4v) is 4.36. The molecule has 10 heteroatoms. The highest BCUT2D eigenvalue weighted by molar-refractivity contribution is 14.1. The van der Waals surface area contributed by atoms with Gasteiger partial charge in [-0.3, -0.25) is 9.59 Å². The molecule has 0 spiro atoms. The highest BCUT2D eigenvalue weighted by Crippen LogP contribution is 2.35. The van der Waals surface area contributed by atoms with E-state index in [4.69, 9.17) is 9.47 Å². The van der Waals surface area contributed by atoms with Crippen molar-refractivity contribution in [1.29, 1.82) is 0 Å². The van der Waals surface area contributed by atoms with Crippen LogP contribution < -0.4 is 20.1 Å². The molecule has 3 aromatic rings. The maximum Gasteiger partial charge on any atom is 0.329 e. The van der Waals surface area contributed by atoms with Crippen molar-refractivity contribution in [3.63, 3.8) is 0 Å². The number of rotatable bonds is 8. The van der Waals surface area contributed by atoms with Gasteiger partial charge in [0.2, 0.25) is 5.91 Å². The molecule has 4 rings (SSSR count). The van der Waals surface area contributed by atoms with Gasteiger partial charge in [-0.05, 0) is 71.0 Å². The molecular formula is C27H23FIN3O5. The minimum absolute atomic E-state index is 0.00475. The van der Waals surface area contributed by atoms with Crippen molar-refractivity contribution in [2.24, 2.45) is 0 Å². The first-order chi connectivity index (χ1) is 17.7. The van der Waals surface area contributed by atoms with E-state index < -0.39 is 30.2 Å². The molecule has 0 unspecified atom stereocenters. The highest BCUT2D eigenvalue weighted by Gasteiger charge is 2.35. The van der Waals surface area contributed by atoms with E-state index >= 15 is 0 Å². The van der Waals surface area contributed by atoms with Gasteiger partial charge in [-0.25, -0.2) is 14.1 Å². The molecule has 1 heterocycles. The summed E-state index contributed by atoms with van der Waals surface area (Å²) < 4.78 is 26.0. The highest BCUT2D eigenvalue weighted by atomic mass is 127. The van der Waals surface area contributed by atoms with Crippen molar-refractivity contribution in [1.82, 2.24) is 10.2 Å². The van der Waals surface area contributed by atoms with E-state index in [0.717, 1.165) is 19.6 Å². The number of imide groups is 1. The van der Waals surface area contributed by atoms with Crippen LogP contribution in [-0.2, 0) is 16.2 Å². The Morgan fingerprint density at radius 1 is 1.14 bits per heavy atom. The number of urea groups is 1. The number of methoxy groups -OCH3 is 1. The lowest BCUT2D eigenvalue weighted by Crippen LogP contribution is -2.38. The molecule has 0 aliphatic carbocycles. The third kappa shape index (κ3) is 6.26. The summed E-state index contributed by atoms with van der Waals surface area (Å²) in [5.74, 6) is -0.991. The van der Waals surface area contributed by atoms with E-state index in [1.54, 1.807) is 18.2 Å². The minimum Gasteiger partial charge on any atom is -0.493 e. The van der Waals surface area contributed by atoms with Crippen LogP contribution in [0.2, 0.25) is 0 Å². The van der Waals surface area contributed by atoms with Crippen LogP contribution in [-0.4, -0.2) is 36.4 Å². The standard InChI is InChI=1S/C27H23FIN3O5/c1-16-7-9-17(10-8-16)15-37-25-20(29)11-18(13-23(25)36-2)12-22-26(34)32(27(35)31-22)14-24(33)30-21-6-4-3-5-19(21)28/h3-13H,14-15H2,1-2H3,(H,30,33)(H,31,35)/b22-12+. The lowest BCUT2D eigenvalue weighted by atomic mass is 10.1. The molecule has 0 radical (unpaired) electrons. The Hall–Kier alpha value is -3.93. The van der Waals surface area contributed by atoms with E-state index in [9.17, 15) is 18.8 Å². The van der Waals surface area contributed by atoms with Crippen molar-refractivity contribution in [3.8, 4) is 11.5 Å². The Balaban J connectivity index is 1.47. The number of ether oxygens (including phenoxy) is 2. The number of anilines is 1. The Morgan fingerprint density at radius 3 is 2.57 bits per heavy atom. The number of hydrogen-bond acceptors (Lipinski definition) is 5. The predicted molar refractivity (Wildman–Crippen MR) is 144 cm³/mol.